The van der Waals surface area contributed by atoms with Gasteiger partial charge >= 0.3 is 0 Å². The zero-order valence-electron chi connectivity index (χ0n) is 11.8. The molecule has 3 aromatic carbocycles. The van der Waals surface area contributed by atoms with E-state index in [1.54, 1.807) is 12.1 Å². The lowest BCUT2D eigenvalue weighted by molar-refractivity contribution is -0.384. The molecule has 0 amide bonds. The van der Waals surface area contributed by atoms with Crippen LogP contribution in [-0.2, 0) is 6.42 Å². The summed E-state index contributed by atoms with van der Waals surface area (Å²) in [5.41, 5.74) is 6.69. The molecule has 1 aliphatic rings. The van der Waals surface area contributed by atoms with Gasteiger partial charge in [0.25, 0.3) is 5.69 Å². The van der Waals surface area contributed by atoms with Gasteiger partial charge in [-0.3, -0.25) is 10.1 Å². The Hall–Kier alpha value is -2.94. The van der Waals surface area contributed by atoms with Gasteiger partial charge in [-0.25, -0.2) is 0 Å². The molecule has 0 aliphatic heterocycles. The number of para-hydroxylation sites is 1. The van der Waals surface area contributed by atoms with Gasteiger partial charge in [-0.2, -0.15) is 0 Å². The van der Waals surface area contributed by atoms with E-state index in [1.165, 1.54) is 22.3 Å². The number of rotatable bonds is 2. The number of benzene rings is 3. The van der Waals surface area contributed by atoms with E-state index < -0.39 is 0 Å². The third-order valence-electron chi connectivity index (χ3n) is 4.24. The van der Waals surface area contributed by atoms with Crippen molar-refractivity contribution >= 4 is 5.69 Å². The lowest BCUT2D eigenvalue weighted by atomic mass is 9.95. The highest BCUT2D eigenvalue weighted by atomic mass is 16.6. The van der Waals surface area contributed by atoms with Gasteiger partial charge in [0.05, 0.1) is 10.5 Å². The second-order valence-corrected chi connectivity index (χ2v) is 5.44. The number of nitro benzene ring substituents is 1. The molecule has 0 atom stereocenters. The fourth-order valence-electron chi connectivity index (χ4n) is 3.27. The maximum atomic E-state index is 11.3. The number of nitrogens with zero attached hydrogens (tertiary/aromatic N) is 1. The number of fused-ring (bicyclic) bond motifs is 3. The third kappa shape index (κ3) is 1.83. The highest BCUT2D eigenvalue weighted by Gasteiger charge is 2.24. The molecule has 0 N–H and O–H groups in total. The highest BCUT2D eigenvalue weighted by molar-refractivity contribution is 5.87. The van der Waals surface area contributed by atoms with Crippen molar-refractivity contribution in [3.8, 4) is 22.3 Å². The molecular formula is C19H13NO2. The maximum absolute atomic E-state index is 11.3. The van der Waals surface area contributed by atoms with Crippen LogP contribution in [0.1, 0.15) is 11.1 Å². The van der Waals surface area contributed by atoms with Crippen molar-refractivity contribution < 1.29 is 4.92 Å². The minimum atomic E-state index is -0.309. The number of hydrogen-bond donors (Lipinski definition) is 0. The summed E-state index contributed by atoms with van der Waals surface area (Å²) in [6.45, 7) is 0. The first kappa shape index (κ1) is 12.8. The summed E-state index contributed by atoms with van der Waals surface area (Å²) >= 11 is 0. The molecule has 106 valence electrons. The zero-order valence-corrected chi connectivity index (χ0v) is 11.8. The van der Waals surface area contributed by atoms with Gasteiger partial charge < -0.3 is 0 Å². The van der Waals surface area contributed by atoms with E-state index in [1.807, 2.05) is 36.4 Å². The Balaban J connectivity index is 1.96. The second kappa shape index (κ2) is 4.81. The minimum absolute atomic E-state index is 0.159. The Bertz CT molecular complexity index is 899. The maximum Gasteiger partial charge on any atom is 0.277 e. The molecule has 3 aromatic rings. The van der Waals surface area contributed by atoms with Crippen LogP contribution in [0.4, 0.5) is 5.69 Å². The molecule has 3 heteroatoms. The van der Waals surface area contributed by atoms with Crippen molar-refractivity contribution in [1.82, 2.24) is 0 Å². The van der Waals surface area contributed by atoms with Gasteiger partial charge in [-0.1, -0.05) is 54.6 Å². The van der Waals surface area contributed by atoms with Crippen molar-refractivity contribution in [3.05, 3.63) is 88.0 Å². The van der Waals surface area contributed by atoms with Crippen molar-refractivity contribution in [1.29, 1.82) is 0 Å². The molecule has 0 aromatic heterocycles. The first-order valence-corrected chi connectivity index (χ1v) is 7.19. The van der Waals surface area contributed by atoms with Gasteiger partial charge in [0, 0.05) is 6.07 Å². The van der Waals surface area contributed by atoms with Crippen molar-refractivity contribution in [2.75, 3.05) is 0 Å². The van der Waals surface area contributed by atoms with E-state index in [-0.39, 0.29) is 10.6 Å². The van der Waals surface area contributed by atoms with Crippen LogP contribution < -0.4 is 0 Å². The van der Waals surface area contributed by atoms with Gasteiger partial charge in [0.2, 0.25) is 0 Å². The Morgan fingerprint density at radius 2 is 1.32 bits per heavy atom. The van der Waals surface area contributed by atoms with Crippen LogP contribution in [0.5, 0.6) is 0 Å². The molecule has 0 spiro atoms. The summed E-state index contributed by atoms with van der Waals surface area (Å²) in [4.78, 5) is 11.0. The van der Waals surface area contributed by atoms with Crippen LogP contribution >= 0.6 is 0 Å². The molecular weight excluding hydrogens is 274 g/mol. The van der Waals surface area contributed by atoms with Gasteiger partial charge in [-0.15, -0.1) is 0 Å². The van der Waals surface area contributed by atoms with Crippen molar-refractivity contribution in [2.24, 2.45) is 0 Å². The van der Waals surface area contributed by atoms with Gasteiger partial charge in [-0.05, 0) is 40.3 Å². The summed E-state index contributed by atoms with van der Waals surface area (Å²) in [7, 11) is 0. The summed E-state index contributed by atoms with van der Waals surface area (Å²) in [6, 6.07) is 21.3. The molecule has 0 saturated carbocycles. The van der Waals surface area contributed by atoms with Crippen LogP contribution in [0.2, 0.25) is 0 Å². The molecule has 0 unspecified atom stereocenters. The molecule has 22 heavy (non-hydrogen) atoms. The monoisotopic (exact) mass is 287 g/mol. The second-order valence-electron chi connectivity index (χ2n) is 5.44. The van der Waals surface area contributed by atoms with Crippen LogP contribution in [-0.4, -0.2) is 4.92 Å². The SMILES string of the molecule is O=[N+]([O-])c1ccccc1-c1cccc2c1Cc1ccccc1-2. The summed E-state index contributed by atoms with van der Waals surface area (Å²) in [5.74, 6) is 0. The predicted octanol–water partition coefficient (Wildman–Crippen LogP) is 4.83. The smallest absolute Gasteiger partial charge is 0.258 e. The van der Waals surface area contributed by atoms with Crippen molar-refractivity contribution in [2.45, 2.75) is 6.42 Å². The number of hydrogen-bond acceptors (Lipinski definition) is 2. The summed E-state index contributed by atoms with van der Waals surface area (Å²) in [5, 5.41) is 11.3. The van der Waals surface area contributed by atoms with E-state index in [2.05, 4.69) is 18.2 Å². The van der Waals surface area contributed by atoms with Crippen LogP contribution in [0.15, 0.2) is 66.7 Å². The van der Waals surface area contributed by atoms with Crippen LogP contribution in [0.25, 0.3) is 22.3 Å². The quantitative estimate of drug-likeness (QED) is 0.391. The first-order valence-electron chi connectivity index (χ1n) is 7.19. The van der Waals surface area contributed by atoms with Crippen LogP contribution in [0, 0.1) is 10.1 Å². The Labute approximate surface area is 128 Å². The third-order valence-corrected chi connectivity index (χ3v) is 4.24. The van der Waals surface area contributed by atoms with E-state index in [9.17, 15) is 10.1 Å². The molecule has 0 bridgehead atoms. The van der Waals surface area contributed by atoms with E-state index in [0.717, 1.165) is 12.0 Å². The lowest BCUT2D eigenvalue weighted by Gasteiger charge is -2.09. The lowest BCUT2D eigenvalue weighted by Crippen LogP contribution is -1.94. The Morgan fingerprint density at radius 3 is 2.09 bits per heavy atom. The molecule has 0 saturated heterocycles. The molecule has 4 rings (SSSR count). The highest BCUT2D eigenvalue weighted by Crippen LogP contribution is 2.43. The fraction of sp³-hybridized carbons (Fsp3) is 0.0526. The zero-order chi connectivity index (χ0) is 15.1. The van der Waals surface area contributed by atoms with Crippen molar-refractivity contribution in [3.63, 3.8) is 0 Å². The average molecular weight is 287 g/mol. The first-order chi connectivity index (χ1) is 10.8. The largest absolute Gasteiger partial charge is 0.277 e. The molecule has 0 radical (unpaired) electrons. The van der Waals surface area contributed by atoms with Gasteiger partial charge in [0.15, 0.2) is 0 Å². The molecule has 0 heterocycles. The summed E-state index contributed by atoms with van der Waals surface area (Å²) in [6.07, 6.45) is 0.827. The molecule has 3 nitrogen and oxygen atoms in total. The standard InChI is InChI=1S/C19H13NO2/c21-20(22)19-11-4-3-8-17(19)16-10-5-9-15-14-7-2-1-6-13(14)12-18(15)16/h1-11H,12H2. The summed E-state index contributed by atoms with van der Waals surface area (Å²) < 4.78 is 0. The predicted molar refractivity (Wildman–Crippen MR) is 86.8 cm³/mol. The van der Waals surface area contributed by atoms with E-state index in [4.69, 9.17) is 0 Å². The molecule has 0 fully saturated rings. The Kier molecular flexibility index (Phi) is 2.79. The van der Waals surface area contributed by atoms with Crippen LogP contribution in [0.3, 0.4) is 0 Å². The van der Waals surface area contributed by atoms with E-state index >= 15 is 0 Å². The van der Waals surface area contributed by atoms with Gasteiger partial charge in [0.1, 0.15) is 0 Å². The number of nitro groups is 1. The van der Waals surface area contributed by atoms with E-state index in [0.29, 0.717) is 5.56 Å². The topological polar surface area (TPSA) is 43.1 Å². The Morgan fingerprint density at radius 1 is 0.727 bits per heavy atom. The molecule has 1 aliphatic carbocycles. The average Bonchev–Trinajstić information content (AvgIpc) is 2.93. The fourth-order valence-corrected chi connectivity index (χ4v) is 3.27. The minimum Gasteiger partial charge on any atom is -0.258 e. The normalized spacial score (nSPS) is 11.8.